The van der Waals surface area contributed by atoms with E-state index in [1.165, 1.54) is 12.1 Å². The van der Waals surface area contributed by atoms with Crippen molar-refractivity contribution in [1.29, 1.82) is 0 Å². The van der Waals surface area contributed by atoms with E-state index in [4.69, 9.17) is 4.74 Å². The number of cyclic esters (lactones) is 1. The van der Waals surface area contributed by atoms with Gasteiger partial charge in [-0.15, -0.1) is 0 Å². The van der Waals surface area contributed by atoms with Crippen molar-refractivity contribution in [2.45, 2.75) is 29.6 Å². The Labute approximate surface area is 94.2 Å². The molecule has 0 amide bonds. The van der Waals surface area contributed by atoms with E-state index in [1.54, 1.807) is 25.1 Å². The molecule has 2 atom stereocenters. The Hall–Kier alpha value is -1.36. The summed E-state index contributed by atoms with van der Waals surface area (Å²) >= 11 is 0. The van der Waals surface area contributed by atoms with Crippen LogP contribution in [0.5, 0.6) is 0 Å². The fourth-order valence-corrected chi connectivity index (χ4v) is 3.61. The molecule has 5 heteroatoms. The molecule has 0 aromatic heterocycles. The minimum atomic E-state index is -3.47. The Morgan fingerprint density at radius 1 is 1.25 bits per heavy atom. The summed E-state index contributed by atoms with van der Waals surface area (Å²) in [4.78, 5) is 11.3. The van der Waals surface area contributed by atoms with Crippen molar-refractivity contribution in [2.75, 3.05) is 0 Å². The van der Waals surface area contributed by atoms with E-state index >= 15 is 0 Å². The van der Waals surface area contributed by atoms with Crippen LogP contribution in [0.1, 0.15) is 13.3 Å². The van der Waals surface area contributed by atoms with E-state index < -0.39 is 27.2 Å². The van der Waals surface area contributed by atoms with Gasteiger partial charge in [-0.2, -0.15) is 0 Å². The zero-order chi connectivity index (χ0) is 11.8. The van der Waals surface area contributed by atoms with E-state index in [0.717, 1.165) is 0 Å². The molecule has 16 heavy (non-hydrogen) atoms. The van der Waals surface area contributed by atoms with Crippen LogP contribution in [0.15, 0.2) is 35.2 Å². The van der Waals surface area contributed by atoms with Gasteiger partial charge in [0.2, 0.25) is 0 Å². The molecule has 0 N–H and O–H groups in total. The first kappa shape index (κ1) is 11.1. The molecule has 2 rings (SSSR count). The van der Waals surface area contributed by atoms with Crippen molar-refractivity contribution < 1.29 is 17.9 Å². The molecule has 1 heterocycles. The summed E-state index contributed by atoms with van der Waals surface area (Å²) in [6.45, 7) is 1.61. The van der Waals surface area contributed by atoms with Gasteiger partial charge in [-0.3, -0.25) is 4.79 Å². The van der Waals surface area contributed by atoms with Crippen molar-refractivity contribution in [3.63, 3.8) is 0 Å². The van der Waals surface area contributed by atoms with Gasteiger partial charge in [-0.25, -0.2) is 8.42 Å². The first-order chi connectivity index (χ1) is 7.51. The quantitative estimate of drug-likeness (QED) is 0.728. The number of sulfone groups is 1. The third-order valence-electron chi connectivity index (χ3n) is 2.68. The van der Waals surface area contributed by atoms with Gasteiger partial charge in [0, 0.05) is 0 Å². The zero-order valence-corrected chi connectivity index (χ0v) is 9.61. The van der Waals surface area contributed by atoms with Gasteiger partial charge in [0.05, 0.1) is 11.3 Å². The highest BCUT2D eigenvalue weighted by atomic mass is 32.2. The molecular weight excluding hydrogens is 228 g/mol. The third kappa shape index (κ3) is 1.82. The fraction of sp³-hybridized carbons (Fsp3) is 0.364. The molecule has 1 aliphatic heterocycles. The Balaban J connectivity index is 2.37. The first-order valence-corrected chi connectivity index (χ1v) is 6.55. The maximum absolute atomic E-state index is 12.2. The topological polar surface area (TPSA) is 60.4 Å². The second-order valence-electron chi connectivity index (χ2n) is 3.80. The number of rotatable bonds is 2. The van der Waals surface area contributed by atoms with Gasteiger partial charge in [0.1, 0.15) is 11.4 Å². The maximum Gasteiger partial charge on any atom is 0.307 e. The van der Waals surface area contributed by atoms with Crippen LogP contribution >= 0.6 is 0 Å². The Bertz CT molecular complexity index is 492. The summed E-state index contributed by atoms with van der Waals surface area (Å²) < 4.78 is 29.2. The molecule has 86 valence electrons. The molecule has 1 aromatic carbocycles. The van der Waals surface area contributed by atoms with Crippen molar-refractivity contribution in [3.8, 4) is 0 Å². The lowest BCUT2D eigenvalue weighted by Crippen LogP contribution is -2.27. The highest BCUT2D eigenvalue weighted by Gasteiger charge is 2.41. The molecule has 0 aliphatic carbocycles. The summed E-state index contributed by atoms with van der Waals surface area (Å²) in [6.07, 6.45) is -0.629. The number of hydrogen-bond acceptors (Lipinski definition) is 4. The van der Waals surface area contributed by atoms with Crippen LogP contribution < -0.4 is 0 Å². The molecule has 1 saturated heterocycles. The maximum atomic E-state index is 12.2. The molecule has 0 radical (unpaired) electrons. The fourth-order valence-electron chi connectivity index (χ4n) is 1.81. The molecule has 4 nitrogen and oxygen atoms in total. The van der Waals surface area contributed by atoms with E-state index in [9.17, 15) is 13.2 Å². The largest absolute Gasteiger partial charge is 0.461 e. The summed E-state index contributed by atoms with van der Waals surface area (Å²) in [5.41, 5.74) is 0. The lowest BCUT2D eigenvalue weighted by molar-refractivity contribution is -0.140. The minimum absolute atomic E-state index is 0.0571. The summed E-state index contributed by atoms with van der Waals surface area (Å²) in [6, 6.07) is 8.14. The monoisotopic (exact) mass is 240 g/mol. The van der Waals surface area contributed by atoms with Crippen molar-refractivity contribution >= 4 is 15.8 Å². The van der Waals surface area contributed by atoms with Crippen LogP contribution in [0.3, 0.4) is 0 Å². The second kappa shape index (κ2) is 3.90. The third-order valence-corrected chi connectivity index (χ3v) is 4.96. The van der Waals surface area contributed by atoms with E-state index in [2.05, 4.69) is 0 Å². The SMILES string of the molecule is CC1OC(=O)CC1S(=O)(=O)c1ccccc1. The normalized spacial score (nSPS) is 25.4. The molecule has 0 spiro atoms. The molecule has 1 aromatic rings. The highest BCUT2D eigenvalue weighted by molar-refractivity contribution is 7.92. The molecule has 1 fully saturated rings. The van der Waals surface area contributed by atoms with Crippen molar-refractivity contribution in [1.82, 2.24) is 0 Å². The van der Waals surface area contributed by atoms with Gasteiger partial charge in [0.15, 0.2) is 9.84 Å². The molecule has 1 aliphatic rings. The lowest BCUT2D eigenvalue weighted by atomic mass is 10.2. The van der Waals surface area contributed by atoms with E-state index in [1.807, 2.05) is 0 Å². The standard InChI is InChI=1S/C11H12O4S/c1-8-10(7-11(12)15-8)16(13,14)9-5-3-2-4-6-9/h2-6,8,10H,7H2,1H3. The minimum Gasteiger partial charge on any atom is -0.461 e. The van der Waals surface area contributed by atoms with Gasteiger partial charge in [0.25, 0.3) is 0 Å². The predicted octanol–water partition coefficient (Wildman–Crippen LogP) is 1.16. The Morgan fingerprint density at radius 3 is 2.38 bits per heavy atom. The number of carbonyl (C=O) groups excluding carboxylic acids is 1. The first-order valence-electron chi connectivity index (χ1n) is 5.00. The smallest absolute Gasteiger partial charge is 0.307 e. The predicted molar refractivity (Wildman–Crippen MR) is 57.6 cm³/mol. The number of esters is 1. The average molecular weight is 240 g/mol. The van der Waals surface area contributed by atoms with Crippen LogP contribution in [0.4, 0.5) is 0 Å². The molecule has 0 saturated carbocycles. The Kier molecular flexibility index (Phi) is 2.71. The molecule has 0 bridgehead atoms. The van der Waals surface area contributed by atoms with E-state index in [0.29, 0.717) is 0 Å². The summed E-state index contributed by atoms with van der Waals surface area (Å²) in [5, 5.41) is -0.762. The van der Waals surface area contributed by atoms with Crippen molar-refractivity contribution in [3.05, 3.63) is 30.3 Å². The molecular formula is C11H12O4S. The number of carbonyl (C=O) groups is 1. The average Bonchev–Trinajstić information content (AvgIpc) is 2.60. The summed E-state index contributed by atoms with van der Waals surface area (Å²) in [7, 11) is -3.47. The number of hydrogen-bond donors (Lipinski definition) is 0. The van der Waals surface area contributed by atoms with Gasteiger partial charge in [-0.1, -0.05) is 18.2 Å². The number of benzene rings is 1. The highest BCUT2D eigenvalue weighted by Crippen LogP contribution is 2.27. The summed E-state index contributed by atoms with van der Waals surface area (Å²) in [5.74, 6) is -0.447. The number of ether oxygens (including phenoxy) is 1. The Morgan fingerprint density at radius 2 is 1.88 bits per heavy atom. The lowest BCUT2D eigenvalue weighted by Gasteiger charge is -2.13. The second-order valence-corrected chi connectivity index (χ2v) is 5.96. The van der Waals surface area contributed by atoms with Crippen LogP contribution in [-0.2, 0) is 19.4 Å². The van der Waals surface area contributed by atoms with Crippen LogP contribution in [0.2, 0.25) is 0 Å². The van der Waals surface area contributed by atoms with Gasteiger partial charge in [-0.05, 0) is 19.1 Å². The van der Waals surface area contributed by atoms with Crippen LogP contribution in [0.25, 0.3) is 0 Å². The van der Waals surface area contributed by atoms with Gasteiger partial charge >= 0.3 is 5.97 Å². The molecule has 2 unspecified atom stereocenters. The van der Waals surface area contributed by atoms with Crippen molar-refractivity contribution in [2.24, 2.45) is 0 Å². The zero-order valence-electron chi connectivity index (χ0n) is 8.79. The van der Waals surface area contributed by atoms with Crippen LogP contribution in [0, 0.1) is 0 Å². The van der Waals surface area contributed by atoms with Crippen LogP contribution in [-0.4, -0.2) is 25.7 Å². The van der Waals surface area contributed by atoms with E-state index in [-0.39, 0.29) is 11.3 Å². The van der Waals surface area contributed by atoms with Gasteiger partial charge < -0.3 is 4.74 Å².